The van der Waals surface area contributed by atoms with E-state index in [4.69, 9.17) is 9.15 Å². The lowest BCUT2D eigenvalue weighted by atomic mass is 10.3. The maximum Gasteiger partial charge on any atom is 0.184 e. The Balaban J connectivity index is 1.77. The Morgan fingerprint density at radius 1 is 1.40 bits per heavy atom. The Hall–Kier alpha value is -2.08. The number of aryl methyl sites for hydroxylation is 1. The van der Waals surface area contributed by atoms with E-state index < -0.39 is 0 Å². The molecule has 104 valence electrons. The summed E-state index contributed by atoms with van der Waals surface area (Å²) in [6.45, 7) is 5.15. The third-order valence-electron chi connectivity index (χ3n) is 2.92. The SMILES string of the molecule is CCOc1ccc2nc(NCc3ncoc3C)sc2c1. The summed E-state index contributed by atoms with van der Waals surface area (Å²) in [5.74, 6) is 1.71. The van der Waals surface area contributed by atoms with Crippen molar-refractivity contribution in [2.75, 3.05) is 11.9 Å². The molecule has 0 aliphatic rings. The molecule has 0 aliphatic carbocycles. The van der Waals surface area contributed by atoms with Crippen LogP contribution in [0.25, 0.3) is 10.2 Å². The van der Waals surface area contributed by atoms with E-state index in [1.165, 1.54) is 6.39 Å². The molecule has 1 aromatic carbocycles. The lowest BCUT2D eigenvalue weighted by Gasteiger charge is -2.00. The molecule has 0 saturated heterocycles. The van der Waals surface area contributed by atoms with Gasteiger partial charge in [0.15, 0.2) is 11.5 Å². The van der Waals surface area contributed by atoms with Crippen LogP contribution in [0, 0.1) is 6.92 Å². The first kappa shape index (κ1) is 12.9. The van der Waals surface area contributed by atoms with Gasteiger partial charge in [-0.25, -0.2) is 9.97 Å². The van der Waals surface area contributed by atoms with Crippen molar-refractivity contribution in [3.05, 3.63) is 36.0 Å². The zero-order valence-corrected chi connectivity index (χ0v) is 12.2. The van der Waals surface area contributed by atoms with Gasteiger partial charge < -0.3 is 14.5 Å². The molecule has 0 fully saturated rings. The molecule has 0 atom stereocenters. The standard InChI is InChI=1S/C14H15N3O2S/c1-3-18-10-4-5-11-13(6-10)20-14(17-11)15-7-12-9(2)19-8-16-12/h4-6,8H,3,7H2,1-2H3,(H,15,17). The largest absolute Gasteiger partial charge is 0.494 e. The molecule has 2 heterocycles. The summed E-state index contributed by atoms with van der Waals surface area (Å²) in [4.78, 5) is 8.69. The average molecular weight is 289 g/mol. The summed E-state index contributed by atoms with van der Waals surface area (Å²) < 4.78 is 11.8. The van der Waals surface area contributed by atoms with Gasteiger partial charge in [-0.15, -0.1) is 0 Å². The van der Waals surface area contributed by atoms with Gasteiger partial charge in [0.05, 0.1) is 23.4 Å². The molecule has 0 amide bonds. The maximum absolute atomic E-state index is 5.49. The Bertz CT molecular complexity index is 720. The fourth-order valence-electron chi connectivity index (χ4n) is 1.89. The van der Waals surface area contributed by atoms with Crippen LogP contribution in [0.15, 0.2) is 29.0 Å². The molecular formula is C14H15N3O2S. The summed E-state index contributed by atoms with van der Waals surface area (Å²) in [7, 11) is 0. The lowest BCUT2D eigenvalue weighted by Crippen LogP contribution is -2.00. The molecule has 0 radical (unpaired) electrons. The molecule has 1 N–H and O–H groups in total. The first-order valence-electron chi connectivity index (χ1n) is 6.42. The number of thiazole rings is 1. The van der Waals surface area contributed by atoms with Crippen molar-refractivity contribution >= 4 is 26.7 Å². The molecule has 0 saturated carbocycles. The van der Waals surface area contributed by atoms with E-state index in [9.17, 15) is 0 Å². The monoisotopic (exact) mass is 289 g/mol. The van der Waals surface area contributed by atoms with Gasteiger partial charge in [0, 0.05) is 0 Å². The van der Waals surface area contributed by atoms with Crippen molar-refractivity contribution in [3.8, 4) is 5.75 Å². The second-order valence-corrected chi connectivity index (χ2v) is 5.32. The fraction of sp³-hybridized carbons (Fsp3) is 0.286. The molecule has 2 aromatic heterocycles. The number of hydrogen-bond acceptors (Lipinski definition) is 6. The number of fused-ring (bicyclic) bond motifs is 1. The smallest absolute Gasteiger partial charge is 0.184 e. The van der Waals surface area contributed by atoms with Crippen molar-refractivity contribution in [2.45, 2.75) is 20.4 Å². The number of nitrogens with one attached hydrogen (secondary N) is 1. The predicted molar refractivity (Wildman–Crippen MR) is 79.4 cm³/mol. The van der Waals surface area contributed by atoms with Gasteiger partial charge in [-0.3, -0.25) is 0 Å². The van der Waals surface area contributed by atoms with Crippen LogP contribution in [0.1, 0.15) is 18.4 Å². The fourth-order valence-corrected chi connectivity index (χ4v) is 2.78. The normalized spacial score (nSPS) is 10.9. The Labute approximate surface area is 120 Å². The van der Waals surface area contributed by atoms with Gasteiger partial charge in [-0.05, 0) is 32.0 Å². The first-order chi connectivity index (χ1) is 9.76. The van der Waals surface area contributed by atoms with Crippen LogP contribution in [0.2, 0.25) is 0 Å². The number of nitrogens with zero attached hydrogens (tertiary/aromatic N) is 2. The molecule has 5 nitrogen and oxygen atoms in total. The Kier molecular flexibility index (Phi) is 3.56. The Morgan fingerprint density at radius 2 is 2.30 bits per heavy atom. The minimum absolute atomic E-state index is 0.612. The Morgan fingerprint density at radius 3 is 3.05 bits per heavy atom. The topological polar surface area (TPSA) is 60.2 Å². The molecule has 6 heteroatoms. The summed E-state index contributed by atoms with van der Waals surface area (Å²) in [6.07, 6.45) is 1.46. The van der Waals surface area contributed by atoms with Crippen molar-refractivity contribution in [2.24, 2.45) is 0 Å². The van der Waals surface area contributed by atoms with Crippen LogP contribution in [0.3, 0.4) is 0 Å². The van der Waals surface area contributed by atoms with Gasteiger partial charge in [-0.1, -0.05) is 11.3 Å². The van der Waals surface area contributed by atoms with Crippen molar-refractivity contribution in [1.82, 2.24) is 9.97 Å². The van der Waals surface area contributed by atoms with Crippen LogP contribution in [0.4, 0.5) is 5.13 Å². The van der Waals surface area contributed by atoms with Crippen LogP contribution < -0.4 is 10.1 Å². The number of aromatic nitrogens is 2. The van der Waals surface area contributed by atoms with E-state index in [0.717, 1.165) is 32.6 Å². The number of benzene rings is 1. The quantitative estimate of drug-likeness (QED) is 0.777. The maximum atomic E-state index is 5.49. The minimum Gasteiger partial charge on any atom is -0.494 e. The third kappa shape index (κ3) is 2.60. The number of hydrogen-bond donors (Lipinski definition) is 1. The number of oxazole rings is 1. The van der Waals surface area contributed by atoms with Gasteiger partial charge in [0.25, 0.3) is 0 Å². The highest BCUT2D eigenvalue weighted by Crippen LogP contribution is 2.29. The number of rotatable bonds is 5. The van der Waals surface area contributed by atoms with Gasteiger partial charge in [-0.2, -0.15) is 0 Å². The average Bonchev–Trinajstić information content (AvgIpc) is 3.02. The van der Waals surface area contributed by atoms with E-state index in [1.54, 1.807) is 11.3 Å². The summed E-state index contributed by atoms with van der Waals surface area (Å²) in [6, 6.07) is 5.93. The second kappa shape index (κ2) is 5.50. The van der Waals surface area contributed by atoms with Gasteiger partial charge in [0.1, 0.15) is 17.2 Å². The molecule has 0 unspecified atom stereocenters. The van der Waals surface area contributed by atoms with Crippen LogP contribution in [0.5, 0.6) is 5.75 Å². The highest BCUT2D eigenvalue weighted by Gasteiger charge is 2.07. The molecule has 20 heavy (non-hydrogen) atoms. The van der Waals surface area contributed by atoms with Crippen molar-refractivity contribution < 1.29 is 9.15 Å². The zero-order chi connectivity index (χ0) is 13.9. The van der Waals surface area contributed by atoms with E-state index >= 15 is 0 Å². The van der Waals surface area contributed by atoms with Gasteiger partial charge >= 0.3 is 0 Å². The molecule has 3 rings (SSSR count). The molecule has 0 spiro atoms. The van der Waals surface area contributed by atoms with E-state index in [-0.39, 0.29) is 0 Å². The molecule has 0 aliphatic heterocycles. The number of anilines is 1. The highest BCUT2D eigenvalue weighted by molar-refractivity contribution is 7.22. The molecule has 0 bridgehead atoms. The number of ether oxygens (including phenoxy) is 1. The van der Waals surface area contributed by atoms with E-state index in [1.807, 2.05) is 32.0 Å². The zero-order valence-electron chi connectivity index (χ0n) is 11.3. The first-order valence-corrected chi connectivity index (χ1v) is 7.24. The summed E-state index contributed by atoms with van der Waals surface area (Å²) in [5.41, 5.74) is 1.87. The second-order valence-electron chi connectivity index (χ2n) is 4.29. The predicted octanol–water partition coefficient (Wildman–Crippen LogP) is 3.60. The molecule has 3 aromatic rings. The molecular weight excluding hydrogens is 274 g/mol. The van der Waals surface area contributed by atoms with Crippen molar-refractivity contribution in [3.63, 3.8) is 0 Å². The summed E-state index contributed by atoms with van der Waals surface area (Å²) in [5, 5.41) is 4.14. The van der Waals surface area contributed by atoms with Crippen LogP contribution >= 0.6 is 11.3 Å². The van der Waals surface area contributed by atoms with Crippen LogP contribution in [-0.2, 0) is 6.54 Å². The highest BCUT2D eigenvalue weighted by atomic mass is 32.1. The minimum atomic E-state index is 0.612. The van der Waals surface area contributed by atoms with Crippen LogP contribution in [-0.4, -0.2) is 16.6 Å². The lowest BCUT2D eigenvalue weighted by molar-refractivity contribution is 0.341. The van der Waals surface area contributed by atoms with Crippen molar-refractivity contribution in [1.29, 1.82) is 0 Å². The van der Waals surface area contributed by atoms with E-state index in [2.05, 4.69) is 15.3 Å². The summed E-state index contributed by atoms with van der Waals surface area (Å²) >= 11 is 1.60. The third-order valence-corrected chi connectivity index (χ3v) is 3.90. The van der Waals surface area contributed by atoms with E-state index in [0.29, 0.717) is 13.2 Å². The van der Waals surface area contributed by atoms with Gasteiger partial charge in [0.2, 0.25) is 0 Å².